The van der Waals surface area contributed by atoms with Gasteiger partial charge < -0.3 is 10.0 Å². The van der Waals surface area contributed by atoms with E-state index in [0.717, 1.165) is 4.90 Å². The van der Waals surface area contributed by atoms with Gasteiger partial charge in [-0.2, -0.15) is 0 Å². The van der Waals surface area contributed by atoms with E-state index >= 15 is 0 Å². The second kappa shape index (κ2) is 5.59. The van der Waals surface area contributed by atoms with Crippen LogP contribution in [0.5, 0.6) is 0 Å². The monoisotopic (exact) mass is 221 g/mol. The van der Waals surface area contributed by atoms with Gasteiger partial charge in [0.1, 0.15) is 12.9 Å². The fourth-order valence-corrected chi connectivity index (χ4v) is 1.13. The molecule has 0 atom stereocenters. The lowest BCUT2D eigenvalue weighted by molar-refractivity contribution is -0.137. The van der Waals surface area contributed by atoms with Crippen LogP contribution in [0.4, 0.5) is 0 Å². The van der Waals surface area contributed by atoms with E-state index in [0.29, 0.717) is 0 Å². The number of carboxylic acids is 1. The molecule has 1 heterocycles. The minimum Gasteiger partial charge on any atom is -0.480 e. The largest absolute Gasteiger partial charge is 0.480 e. The number of carbonyl (C=O) groups is 2. The first-order valence-electron chi connectivity index (χ1n) is 4.52. The molecule has 0 radical (unpaired) electrons. The zero-order valence-electron chi connectivity index (χ0n) is 8.54. The Bertz CT molecular complexity index is 392. The summed E-state index contributed by atoms with van der Waals surface area (Å²) in [6.07, 6.45) is 5.44. The number of aliphatic carboxylic acids is 1. The van der Waals surface area contributed by atoms with Crippen molar-refractivity contribution in [2.75, 3.05) is 13.1 Å². The van der Waals surface area contributed by atoms with E-state index in [2.05, 4.69) is 16.5 Å². The van der Waals surface area contributed by atoms with E-state index in [9.17, 15) is 9.59 Å². The molecule has 0 bridgehead atoms. The predicted octanol–water partition coefficient (Wildman–Crippen LogP) is 0.189. The average molecular weight is 221 g/mol. The molecular formula is C10H11N3O3. The van der Waals surface area contributed by atoms with Crippen LogP contribution in [0.3, 0.4) is 0 Å². The van der Waals surface area contributed by atoms with Gasteiger partial charge in [0.25, 0.3) is 5.91 Å². The molecule has 84 valence electrons. The lowest BCUT2D eigenvalue weighted by atomic mass is 10.3. The molecule has 0 saturated carbocycles. The molecule has 6 heteroatoms. The fourth-order valence-electron chi connectivity index (χ4n) is 1.13. The summed E-state index contributed by atoms with van der Waals surface area (Å²) in [5.41, 5.74) is 0.255. The first-order valence-corrected chi connectivity index (χ1v) is 4.52. The third-order valence-electron chi connectivity index (χ3n) is 1.77. The van der Waals surface area contributed by atoms with Crippen molar-refractivity contribution in [2.24, 2.45) is 0 Å². The van der Waals surface area contributed by atoms with Crippen LogP contribution in [0.1, 0.15) is 10.4 Å². The Morgan fingerprint density at radius 2 is 2.06 bits per heavy atom. The van der Waals surface area contributed by atoms with E-state index in [4.69, 9.17) is 5.11 Å². The van der Waals surface area contributed by atoms with Gasteiger partial charge in [0.15, 0.2) is 0 Å². The summed E-state index contributed by atoms with van der Waals surface area (Å²) in [6.45, 7) is 3.26. The van der Waals surface area contributed by atoms with Crippen LogP contribution >= 0.6 is 0 Å². The molecule has 1 aromatic rings. The molecule has 1 amide bonds. The molecule has 0 fully saturated rings. The van der Waals surface area contributed by atoms with Crippen LogP contribution in [0.25, 0.3) is 0 Å². The van der Waals surface area contributed by atoms with Crippen molar-refractivity contribution in [3.8, 4) is 0 Å². The summed E-state index contributed by atoms with van der Waals surface area (Å²) in [4.78, 5) is 30.9. The van der Waals surface area contributed by atoms with Crippen LogP contribution in [-0.4, -0.2) is 44.9 Å². The van der Waals surface area contributed by atoms with Crippen LogP contribution in [0.15, 0.2) is 31.4 Å². The SMILES string of the molecule is C=CCN(CC(=O)O)C(=O)c1cncnc1. The molecule has 0 aromatic carbocycles. The Morgan fingerprint density at radius 1 is 1.44 bits per heavy atom. The van der Waals surface area contributed by atoms with Crippen molar-refractivity contribution >= 4 is 11.9 Å². The van der Waals surface area contributed by atoms with Crippen molar-refractivity contribution in [1.82, 2.24) is 14.9 Å². The van der Waals surface area contributed by atoms with Gasteiger partial charge in [-0.05, 0) is 0 Å². The number of carbonyl (C=O) groups excluding carboxylic acids is 1. The van der Waals surface area contributed by atoms with Crippen LogP contribution in [-0.2, 0) is 4.79 Å². The Morgan fingerprint density at radius 3 is 2.56 bits per heavy atom. The van der Waals surface area contributed by atoms with E-state index in [1.807, 2.05) is 0 Å². The van der Waals surface area contributed by atoms with E-state index in [-0.39, 0.29) is 18.7 Å². The Hall–Kier alpha value is -2.24. The molecule has 0 spiro atoms. The Labute approximate surface area is 92.2 Å². The van der Waals surface area contributed by atoms with Crippen molar-refractivity contribution in [3.05, 3.63) is 36.9 Å². The molecule has 0 aliphatic rings. The zero-order valence-corrected chi connectivity index (χ0v) is 8.54. The predicted molar refractivity (Wildman–Crippen MR) is 55.8 cm³/mol. The lowest BCUT2D eigenvalue weighted by Gasteiger charge is -2.18. The first-order chi connectivity index (χ1) is 7.65. The smallest absolute Gasteiger partial charge is 0.323 e. The highest BCUT2D eigenvalue weighted by molar-refractivity contribution is 5.95. The van der Waals surface area contributed by atoms with Gasteiger partial charge in [-0.1, -0.05) is 6.08 Å². The molecular weight excluding hydrogens is 210 g/mol. The maximum absolute atomic E-state index is 11.8. The van der Waals surface area contributed by atoms with E-state index in [1.54, 1.807) is 0 Å². The number of aromatic nitrogens is 2. The zero-order chi connectivity index (χ0) is 12.0. The van der Waals surface area contributed by atoms with Crippen LogP contribution < -0.4 is 0 Å². The van der Waals surface area contributed by atoms with Crippen LogP contribution in [0, 0.1) is 0 Å². The molecule has 16 heavy (non-hydrogen) atoms. The van der Waals surface area contributed by atoms with Crippen molar-refractivity contribution in [2.45, 2.75) is 0 Å². The highest BCUT2D eigenvalue weighted by Gasteiger charge is 2.17. The number of hydrogen-bond donors (Lipinski definition) is 1. The molecule has 6 nitrogen and oxygen atoms in total. The average Bonchev–Trinajstić information content (AvgIpc) is 2.28. The molecule has 1 aromatic heterocycles. The quantitative estimate of drug-likeness (QED) is 0.717. The standard InChI is InChI=1S/C10H11N3O3/c1-2-3-13(6-9(14)15)10(16)8-4-11-7-12-5-8/h2,4-5,7H,1,3,6H2,(H,14,15). The molecule has 0 aliphatic heterocycles. The summed E-state index contributed by atoms with van der Waals surface area (Å²) >= 11 is 0. The van der Waals surface area contributed by atoms with Gasteiger partial charge in [-0.3, -0.25) is 9.59 Å². The van der Waals surface area contributed by atoms with E-state index in [1.165, 1.54) is 24.8 Å². The highest BCUT2D eigenvalue weighted by Crippen LogP contribution is 2.01. The molecule has 1 rings (SSSR count). The second-order valence-electron chi connectivity index (χ2n) is 3.00. The van der Waals surface area contributed by atoms with Crippen LogP contribution in [0.2, 0.25) is 0 Å². The summed E-state index contributed by atoms with van der Waals surface area (Å²) in [5, 5.41) is 8.65. The Kier molecular flexibility index (Phi) is 4.14. The third kappa shape index (κ3) is 3.16. The molecule has 0 saturated heterocycles. The van der Waals surface area contributed by atoms with Crippen molar-refractivity contribution in [3.63, 3.8) is 0 Å². The van der Waals surface area contributed by atoms with Gasteiger partial charge in [0.05, 0.1) is 5.56 Å². The fraction of sp³-hybridized carbons (Fsp3) is 0.200. The number of amides is 1. The van der Waals surface area contributed by atoms with Gasteiger partial charge in [-0.25, -0.2) is 9.97 Å². The topological polar surface area (TPSA) is 83.4 Å². The Balaban J connectivity index is 2.82. The summed E-state index contributed by atoms with van der Waals surface area (Å²) < 4.78 is 0. The summed E-state index contributed by atoms with van der Waals surface area (Å²) in [7, 11) is 0. The number of rotatable bonds is 5. The minimum atomic E-state index is -1.08. The normalized spacial score (nSPS) is 9.50. The van der Waals surface area contributed by atoms with Gasteiger partial charge >= 0.3 is 5.97 Å². The minimum absolute atomic E-state index is 0.167. The molecule has 1 N–H and O–H groups in total. The highest BCUT2D eigenvalue weighted by atomic mass is 16.4. The van der Waals surface area contributed by atoms with Gasteiger partial charge in [-0.15, -0.1) is 6.58 Å². The third-order valence-corrected chi connectivity index (χ3v) is 1.77. The van der Waals surface area contributed by atoms with Gasteiger partial charge in [0, 0.05) is 18.9 Å². The maximum atomic E-state index is 11.8. The van der Waals surface area contributed by atoms with Crippen molar-refractivity contribution in [1.29, 1.82) is 0 Å². The number of carboxylic acid groups (broad SMARTS) is 1. The lowest BCUT2D eigenvalue weighted by Crippen LogP contribution is -2.35. The summed E-state index contributed by atoms with van der Waals surface area (Å²) in [6, 6.07) is 0. The molecule has 0 unspecified atom stereocenters. The van der Waals surface area contributed by atoms with Gasteiger partial charge in [0.2, 0.25) is 0 Å². The first kappa shape index (κ1) is 11.8. The summed E-state index contributed by atoms with van der Waals surface area (Å²) in [5.74, 6) is -1.50. The second-order valence-corrected chi connectivity index (χ2v) is 3.00. The van der Waals surface area contributed by atoms with Crippen molar-refractivity contribution < 1.29 is 14.7 Å². The number of nitrogens with zero attached hydrogens (tertiary/aromatic N) is 3. The maximum Gasteiger partial charge on any atom is 0.323 e. The molecule has 0 aliphatic carbocycles. The number of hydrogen-bond acceptors (Lipinski definition) is 4. The van der Waals surface area contributed by atoms with E-state index < -0.39 is 11.9 Å².